The van der Waals surface area contributed by atoms with E-state index in [0.717, 1.165) is 5.69 Å². The Labute approximate surface area is 108 Å². The molecule has 1 atom stereocenters. The Morgan fingerprint density at radius 2 is 2.00 bits per heavy atom. The van der Waals surface area contributed by atoms with Gasteiger partial charge < -0.3 is 10.5 Å². The molecule has 0 spiro atoms. The van der Waals surface area contributed by atoms with Gasteiger partial charge in [-0.1, -0.05) is 26.0 Å². The number of cyclic esters (lactones) is 1. The van der Waals surface area contributed by atoms with Crippen molar-refractivity contribution in [2.24, 2.45) is 5.73 Å². The first kappa shape index (κ1) is 12.9. The minimum absolute atomic E-state index is 0.319. The lowest BCUT2D eigenvalue weighted by Gasteiger charge is -2.19. The molecule has 4 heteroatoms. The van der Waals surface area contributed by atoms with E-state index < -0.39 is 5.60 Å². The number of carbonyl (C=O) groups excluding carboxylic acids is 1. The summed E-state index contributed by atoms with van der Waals surface area (Å²) in [5.74, 6) is 0.485. The van der Waals surface area contributed by atoms with Gasteiger partial charge in [0.15, 0.2) is 0 Å². The van der Waals surface area contributed by atoms with Gasteiger partial charge in [-0.15, -0.1) is 0 Å². The second-order valence-corrected chi connectivity index (χ2v) is 5.35. The van der Waals surface area contributed by atoms with Crippen LogP contribution in [-0.2, 0) is 4.74 Å². The molecule has 2 rings (SSSR count). The smallest absolute Gasteiger partial charge is 0.415 e. The average Bonchev–Trinajstić information content (AvgIpc) is 2.66. The summed E-state index contributed by atoms with van der Waals surface area (Å²) in [5, 5.41) is 0. The van der Waals surface area contributed by atoms with Crippen LogP contribution in [0.3, 0.4) is 0 Å². The van der Waals surface area contributed by atoms with Crippen molar-refractivity contribution in [1.29, 1.82) is 0 Å². The van der Waals surface area contributed by atoms with E-state index in [1.807, 2.05) is 31.2 Å². The van der Waals surface area contributed by atoms with Crippen LogP contribution >= 0.6 is 0 Å². The summed E-state index contributed by atoms with van der Waals surface area (Å²) in [5.41, 5.74) is 7.17. The summed E-state index contributed by atoms with van der Waals surface area (Å²) >= 11 is 0. The summed E-state index contributed by atoms with van der Waals surface area (Å²) in [6.07, 6.45) is -0.319. The molecule has 0 bridgehead atoms. The highest BCUT2D eigenvalue weighted by molar-refractivity contribution is 5.90. The fraction of sp³-hybridized carbons (Fsp3) is 0.500. The third kappa shape index (κ3) is 2.34. The van der Waals surface area contributed by atoms with E-state index in [2.05, 4.69) is 13.8 Å². The van der Waals surface area contributed by atoms with Crippen molar-refractivity contribution in [3.05, 3.63) is 29.8 Å². The molecule has 1 heterocycles. The number of nitrogens with two attached hydrogens (primary N) is 1. The van der Waals surface area contributed by atoms with E-state index in [1.165, 1.54) is 5.56 Å². The zero-order valence-corrected chi connectivity index (χ0v) is 11.1. The molecule has 98 valence electrons. The van der Waals surface area contributed by atoms with Crippen molar-refractivity contribution < 1.29 is 9.53 Å². The van der Waals surface area contributed by atoms with E-state index in [0.29, 0.717) is 19.0 Å². The van der Waals surface area contributed by atoms with Gasteiger partial charge in [-0.25, -0.2) is 4.79 Å². The summed E-state index contributed by atoms with van der Waals surface area (Å²) in [7, 11) is 0. The summed E-state index contributed by atoms with van der Waals surface area (Å²) < 4.78 is 5.30. The molecule has 1 aromatic carbocycles. The molecule has 1 fully saturated rings. The fourth-order valence-corrected chi connectivity index (χ4v) is 2.04. The summed E-state index contributed by atoms with van der Waals surface area (Å²) in [6, 6.07) is 8.01. The maximum Gasteiger partial charge on any atom is 0.415 e. The van der Waals surface area contributed by atoms with Crippen LogP contribution in [-0.4, -0.2) is 24.8 Å². The van der Waals surface area contributed by atoms with E-state index in [1.54, 1.807) is 4.90 Å². The molecule has 0 radical (unpaired) electrons. The van der Waals surface area contributed by atoms with Gasteiger partial charge >= 0.3 is 6.09 Å². The maximum absolute atomic E-state index is 11.8. The Balaban J connectivity index is 2.20. The van der Waals surface area contributed by atoms with Gasteiger partial charge in [-0.2, -0.15) is 0 Å². The highest BCUT2D eigenvalue weighted by Crippen LogP contribution is 2.28. The highest BCUT2D eigenvalue weighted by atomic mass is 16.6. The quantitative estimate of drug-likeness (QED) is 0.894. The Hall–Kier alpha value is -1.55. The Kier molecular flexibility index (Phi) is 3.30. The molecule has 1 unspecified atom stereocenters. The Morgan fingerprint density at radius 1 is 1.39 bits per heavy atom. The van der Waals surface area contributed by atoms with Crippen LogP contribution in [0.2, 0.25) is 0 Å². The van der Waals surface area contributed by atoms with Gasteiger partial charge in [0.2, 0.25) is 0 Å². The molecule has 18 heavy (non-hydrogen) atoms. The molecule has 0 aromatic heterocycles. The lowest BCUT2D eigenvalue weighted by Crippen LogP contribution is -2.38. The molecular weight excluding hydrogens is 228 g/mol. The van der Waals surface area contributed by atoms with Crippen molar-refractivity contribution >= 4 is 11.8 Å². The number of amides is 1. The minimum Gasteiger partial charge on any atom is -0.440 e. The topological polar surface area (TPSA) is 55.6 Å². The van der Waals surface area contributed by atoms with Gasteiger partial charge in [0.1, 0.15) is 5.60 Å². The molecular formula is C14H20N2O2. The second kappa shape index (κ2) is 4.61. The van der Waals surface area contributed by atoms with Crippen LogP contribution in [0, 0.1) is 0 Å². The van der Waals surface area contributed by atoms with Crippen LogP contribution in [0.1, 0.15) is 32.3 Å². The van der Waals surface area contributed by atoms with Crippen molar-refractivity contribution in [3.63, 3.8) is 0 Å². The number of rotatable bonds is 3. The summed E-state index contributed by atoms with van der Waals surface area (Å²) in [4.78, 5) is 13.5. The maximum atomic E-state index is 11.8. The van der Waals surface area contributed by atoms with Gasteiger partial charge in [0, 0.05) is 12.2 Å². The van der Waals surface area contributed by atoms with Crippen molar-refractivity contribution in [2.45, 2.75) is 32.3 Å². The molecule has 0 saturated carbocycles. The summed E-state index contributed by atoms with van der Waals surface area (Å²) in [6.45, 7) is 6.98. The van der Waals surface area contributed by atoms with Crippen LogP contribution in [0.25, 0.3) is 0 Å². The first-order valence-electron chi connectivity index (χ1n) is 6.26. The number of ether oxygens (including phenoxy) is 1. The lowest BCUT2D eigenvalue weighted by molar-refractivity contribution is 0.0789. The normalized spacial score (nSPS) is 23.6. The van der Waals surface area contributed by atoms with Crippen molar-refractivity contribution in [1.82, 2.24) is 0 Å². The molecule has 1 aromatic rings. The van der Waals surface area contributed by atoms with Gasteiger partial charge in [0.25, 0.3) is 0 Å². The SMILES string of the molecule is CC(C)c1ccc(N2CC(C)(CN)OC2=O)cc1. The first-order chi connectivity index (χ1) is 8.45. The van der Waals surface area contributed by atoms with E-state index in [9.17, 15) is 4.79 Å². The number of hydrogen-bond acceptors (Lipinski definition) is 3. The number of hydrogen-bond donors (Lipinski definition) is 1. The zero-order chi connectivity index (χ0) is 13.3. The second-order valence-electron chi connectivity index (χ2n) is 5.35. The van der Waals surface area contributed by atoms with E-state index in [4.69, 9.17) is 10.5 Å². The third-order valence-electron chi connectivity index (χ3n) is 3.35. The fourth-order valence-electron chi connectivity index (χ4n) is 2.04. The first-order valence-corrected chi connectivity index (χ1v) is 6.26. The Morgan fingerprint density at radius 3 is 2.44 bits per heavy atom. The molecule has 1 aliphatic heterocycles. The largest absolute Gasteiger partial charge is 0.440 e. The number of benzene rings is 1. The number of nitrogens with zero attached hydrogens (tertiary/aromatic N) is 1. The van der Waals surface area contributed by atoms with Gasteiger partial charge in [0.05, 0.1) is 6.54 Å². The number of carbonyl (C=O) groups is 1. The minimum atomic E-state index is -0.576. The Bertz CT molecular complexity index is 442. The van der Waals surface area contributed by atoms with E-state index in [-0.39, 0.29) is 6.09 Å². The van der Waals surface area contributed by atoms with E-state index >= 15 is 0 Å². The zero-order valence-electron chi connectivity index (χ0n) is 11.1. The van der Waals surface area contributed by atoms with Crippen LogP contribution < -0.4 is 10.6 Å². The number of anilines is 1. The van der Waals surface area contributed by atoms with Crippen LogP contribution in [0.5, 0.6) is 0 Å². The van der Waals surface area contributed by atoms with Crippen molar-refractivity contribution in [2.75, 3.05) is 18.0 Å². The van der Waals surface area contributed by atoms with Crippen LogP contribution in [0.4, 0.5) is 10.5 Å². The predicted octanol–water partition coefficient (Wildman–Crippen LogP) is 2.48. The average molecular weight is 248 g/mol. The monoisotopic (exact) mass is 248 g/mol. The van der Waals surface area contributed by atoms with Gasteiger partial charge in [-0.05, 0) is 30.5 Å². The molecule has 2 N–H and O–H groups in total. The predicted molar refractivity (Wildman–Crippen MR) is 71.8 cm³/mol. The molecule has 1 amide bonds. The lowest BCUT2D eigenvalue weighted by atomic mass is 10.0. The third-order valence-corrected chi connectivity index (χ3v) is 3.35. The van der Waals surface area contributed by atoms with Crippen molar-refractivity contribution in [3.8, 4) is 0 Å². The van der Waals surface area contributed by atoms with Crippen LogP contribution in [0.15, 0.2) is 24.3 Å². The standard InChI is InChI=1S/C14H20N2O2/c1-10(2)11-4-6-12(7-5-11)16-9-14(3,8-15)18-13(16)17/h4-7,10H,8-9,15H2,1-3H3. The molecule has 0 aliphatic carbocycles. The van der Waals surface area contributed by atoms with Gasteiger partial charge in [-0.3, -0.25) is 4.90 Å². The highest BCUT2D eigenvalue weighted by Gasteiger charge is 2.40. The molecule has 1 aliphatic rings. The molecule has 4 nitrogen and oxygen atoms in total. The molecule has 1 saturated heterocycles.